The number of pyridine rings is 1. The van der Waals surface area contributed by atoms with Crippen molar-refractivity contribution in [2.45, 2.75) is 12.5 Å². The molecule has 1 aromatic rings. The molecule has 2 heterocycles. The molecule has 1 aliphatic rings. The topological polar surface area (TPSA) is 79.5 Å². The zero-order chi connectivity index (χ0) is 10.8. The zero-order valence-electron chi connectivity index (χ0n) is 8.26. The molecular weight excluding hydrogens is 194 g/mol. The average Bonchev–Trinajstić information content (AvgIpc) is 2.65. The molecule has 0 aromatic carbocycles. The number of anilines is 1. The number of hydrogen-bond acceptors (Lipinski definition) is 4. The number of hydrogen-bond donors (Lipinski definition) is 2. The minimum Gasteiger partial charge on any atom is -0.477 e. The summed E-state index contributed by atoms with van der Waals surface area (Å²) in [5.41, 5.74) is 6.75. The minimum atomic E-state index is -1.000. The summed E-state index contributed by atoms with van der Waals surface area (Å²) in [7, 11) is 0. The molecule has 0 aliphatic carbocycles. The molecule has 1 unspecified atom stereocenters. The maximum atomic E-state index is 10.7. The Kier molecular flexibility index (Phi) is 2.55. The summed E-state index contributed by atoms with van der Waals surface area (Å²) >= 11 is 0. The molecule has 0 bridgehead atoms. The summed E-state index contributed by atoms with van der Waals surface area (Å²) in [6.07, 6.45) is 2.47. The van der Waals surface area contributed by atoms with E-state index in [1.165, 1.54) is 6.20 Å². The van der Waals surface area contributed by atoms with Crippen molar-refractivity contribution in [1.29, 1.82) is 0 Å². The number of aromatic carboxylic acids is 1. The smallest absolute Gasteiger partial charge is 0.354 e. The Morgan fingerprint density at radius 1 is 1.67 bits per heavy atom. The molecule has 0 radical (unpaired) electrons. The van der Waals surface area contributed by atoms with E-state index in [9.17, 15) is 4.79 Å². The molecule has 5 heteroatoms. The van der Waals surface area contributed by atoms with E-state index in [0.29, 0.717) is 0 Å². The van der Waals surface area contributed by atoms with Gasteiger partial charge in [0.05, 0.1) is 0 Å². The highest BCUT2D eigenvalue weighted by atomic mass is 16.4. The van der Waals surface area contributed by atoms with Gasteiger partial charge >= 0.3 is 5.97 Å². The summed E-state index contributed by atoms with van der Waals surface area (Å²) < 4.78 is 0. The molecule has 1 saturated heterocycles. The van der Waals surface area contributed by atoms with Crippen LogP contribution in [-0.2, 0) is 0 Å². The molecule has 80 valence electrons. The summed E-state index contributed by atoms with van der Waals surface area (Å²) in [6, 6.07) is 3.58. The van der Waals surface area contributed by atoms with Crippen molar-refractivity contribution in [2.24, 2.45) is 5.73 Å². The first kappa shape index (κ1) is 9.92. The maximum Gasteiger partial charge on any atom is 0.354 e. The van der Waals surface area contributed by atoms with Gasteiger partial charge in [-0.25, -0.2) is 9.78 Å². The number of nitrogens with two attached hydrogens (primary N) is 1. The highest BCUT2D eigenvalue weighted by Gasteiger charge is 2.20. The van der Waals surface area contributed by atoms with Crippen LogP contribution in [-0.4, -0.2) is 35.2 Å². The van der Waals surface area contributed by atoms with E-state index < -0.39 is 5.97 Å². The van der Waals surface area contributed by atoms with Crippen molar-refractivity contribution in [3.05, 3.63) is 24.0 Å². The SMILES string of the molecule is NC1CCN(c2ccnc(C(=O)O)c2)C1. The van der Waals surface area contributed by atoms with Crippen LogP contribution in [0.25, 0.3) is 0 Å². The third kappa shape index (κ3) is 2.07. The number of aromatic nitrogens is 1. The van der Waals surface area contributed by atoms with Gasteiger partial charge in [0, 0.05) is 31.0 Å². The van der Waals surface area contributed by atoms with Crippen molar-refractivity contribution in [1.82, 2.24) is 4.98 Å². The maximum absolute atomic E-state index is 10.7. The lowest BCUT2D eigenvalue weighted by molar-refractivity contribution is 0.0690. The summed E-state index contributed by atoms with van der Waals surface area (Å²) in [5.74, 6) is -1.000. The number of rotatable bonds is 2. The van der Waals surface area contributed by atoms with Crippen molar-refractivity contribution in [2.75, 3.05) is 18.0 Å². The molecule has 1 aromatic heterocycles. The van der Waals surface area contributed by atoms with Crippen LogP contribution < -0.4 is 10.6 Å². The average molecular weight is 207 g/mol. The molecule has 0 amide bonds. The first-order chi connectivity index (χ1) is 7.16. The third-order valence-corrected chi connectivity index (χ3v) is 2.55. The van der Waals surface area contributed by atoms with E-state index in [1.807, 2.05) is 6.07 Å². The van der Waals surface area contributed by atoms with Crippen LogP contribution >= 0.6 is 0 Å². The van der Waals surface area contributed by atoms with E-state index in [2.05, 4.69) is 9.88 Å². The molecule has 5 nitrogen and oxygen atoms in total. The summed E-state index contributed by atoms with van der Waals surface area (Å²) in [5, 5.41) is 8.80. The molecule has 2 rings (SSSR count). The van der Waals surface area contributed by atoms with E-state index >= 15 is 0 Å². The fourth-order valence-electron chi connectivity index (χ4n) is 1.75. The van der Waals surface area contributed by atoms with E-state index in [-0.39, 0.29) is 11.7 Å². The molecule has 0 spiro atoms. The van der Waals surface area contributed by atoms with E-state index in [0.717, 1.165) is 25.2 Å². The van der Waals surface area contributed by atoms with Gasteiger partial charge < -0.3 is 15.7 Å². The van der Waals surface area contributed by atoms with Crippen LogP contribution in [0.15, 0.2) is 18.3 Å². The Labute approximate surface area is 87.5 Å². The number of carbonyl (C=O) groups is 1. The highest BCUT2D eigenvalue weighted by Crippen LogP contribution is 2.19. The van der Waals surface area contributed by atoms with E-state index in [4.69, 9.17) is 10.8 Å². The summed E-state index contributed by atoms with van der Waals surface area (Å²) in [4.78, 5) is 16.6. The molecule has 1 atom stereocenters. The lowest BCUT2D eigenvalue weighted by Gasteiger charge is -2.17. The first-order valence-corrected chi connectivity index (χ1v) is 4.86. The fraction of sp³-hybridized carbons (Fsp3) is 0.400. The third-order valence-electron chi connectivity index (χ3n) is 2.55. The quantitative estimate of drug-likeness (QED) is 0.730. The van der Waals surface area contributed by atoms with Crippen molar-refractivity contribution in [3.63, 3.8) is 0 Å². The van der Waals surface area contributed by atoms with Gasteiger partial charge in [0.25, 0.3) is 0 Å². The molecule has 0 saturated carbocycles. The second-order valence-electron chi connectivity index (χ2n) is 3.70. The predicted octanol–water partition coefficient (Wildman–Crippen LogP) is 0.317. The highest BCUT2D eigenvalue weighted by molar-refractivity contribution is 5.86. The Balaban J connectivity index is 2.21. The van der Waals surface area contributed by atoms with Gasteiger partial charge in [0.2, 0.25) is 0 Å². The Morgan fingerprint density at radius 2 is 2.47 bits per heavy atom. The van der Waals surface area contributed by atoms with Crippen LogP contribution in [0.5, 0.6) is 0 Å². The predicted molar refractivity (Wildman–Crippen MR) is 56.0 cm³/mol. The van der Waals surface area contributed by atoms with Gasteiger partial charge in [-0.05, 0) is 18.6 Å². The van der Waals surface area contributed by atoms with Crippen LogP contribution in [0.2, 0.25) is 0 Å². The number of carboxylic acids is 1. The number of nitrogens with zero attached hydrogens (tertiary/aromatic N) is 2. The van der Waals surface area contributed by atoms with Crippen LogP contribution in [0, 0.1) is 0 Å². The molecular formula is C10H13N3O2. The van der Waals surface area contributed by atoms with Gasteiger partial charge in [0.15, 0.2) is 0 Å². The van der Waals surface area contributed by atoms with Crippen LogP contribution in [0.4, 0.5) is 5.69 Å². The summed E-state index contributed by atoms with van der Waals surface area (Å²) in [6.45, 7) is 1.66. The van der Waals surface area contributed by atoms with Gasteiger partial charge in [-0.1, -0.05) is 0 Å². The normalized spacial score (nSPS) is 20.6. The van der Waals surface area contributed by atoms with Crippen molar-refractivity contribution < 1.29 is 9.90 Å². The van der Waals surface area contributed by atoms with Crippen LogP contribution in [0.1, 0.15) is 16.9 Å². The Bertz CT molecular complexity index is 381. The Morgan fingerprint density at radius 3 is 3.07 bits per heavy atom. The van der Waals surface area contributed by atoms with Gasteiger partial charge in [-0.3, -0.25) is 0 Å². The lowest BCUT2D eigenvalue weighted by atomic mass is 10.3. The second-order valence-corrected chi connectivity index (χ2v) is 3.70. The van der Waals surface area contributed by atoms with Gasteiger partial charge in [0.1, 0.15) is 5.69 Å². The molecule has 15 heavy (non-hydrogen) atoms. The van der Waals surface area contributed by atoms with Gasteiger partial charge in [-0.2, -0.15) is 0 Å². The fourth-order valence-corrected chi connectivity index (χ4v) is 1.75. The van der Waals surface area contributed by atoms with Crippen LogP contribution in [0.3, 0.4) is 0 Å². The lowest BCUT2D eigenvalue weighted by Crippen LogP contribution is -2.26. The van der Waals surface area contributed by atoms with Gasteiger partial charge in [-0.15, -0.1) is 0 Å². The minimum absolute atomic E-state index is 0.0768. The van der Waals surface area contributed by atoms with Crippen molar-refractivity contribution in [3.8, 4) is 0 Å². The standard InChI is InChI=1S/C10H13N3O2/c11-7-2-4-13(6-7)8-1-3-12-9(5-8)10(14)15/h1,3,5,7H,2,4,6,11H2,(H,14,15). The number of carboxylic acid groups (broad SMARTS) is 1. The molecule has 1 fully saturated rings. The van der Waals surface area contributed by atoms with Crippen molar-refractivity contribution >= 4 is 11.7 Å². The largest absolute Gasteiger partial charge is 0.477 e. The van der Waals surface area contributed by atoms with E-state index in [1.54, 1.807) is 6.07 Å². The molecule has 3 N–H and O–H groups in total. The first-order valence-electron chi connectivity index (χ1n) is 4.86. The monoisotopic (exact) mass is 207 g/mol. The zero-order valence-corrected chi connectivity index (χ0v) is 8.26. The molecule has 1 aliphatic heterocycles. The second kappa shape index (κ2) is 3.86. The Hall–Kier alpha value is -1.62.